The average molecular weight is 255 g/mol. The maximum Gasteiger partial charge on any atom is 0.144 e. The number of furan rings is 1. The first-order chi connectivity index (χ1) is 9.29. The van der Waals surface area contributed by atoms with E-state index in [1.54, 1.807) is 30.5 Å². The molecule has 1 aromatic carbocycles. The van der Waals surface area contributed by atoms with E-state index >= 15 is 0 Å². The lowest BCUT2D eigenvalue weighted by atomic mass is 10.2. The van der Waals surface area contributed by atoms with Gasteiger partial charge in [-0.05, 0) is 18.2 Å². The van der Waals surface area contributed by atoms with E-state index in [2.05, 4.69) is 5.10 Å². The van der Waals surface area contributed by atoms with Crippen molar-refractivity contribution in [2.24, 2.45) is 0 Å². The van der Waals surface area contributed by atoms with Gasteiger partial charge in [-0.2, -0.15) is 5.10 Å². The Morgan fingerprint density at radius 1 is 1.26 bits per heavy atom. The Morgan fingerprint density at radius 3 is 2.84 bits per heavy atom. The van der Waals surface area contributed by atoms with Crippen LogP contribution in [0.4, 0.5) is 5.69 Å². The van der Waals surface area contributed by atoms with Crippen LogP contribution in [0.25, 0.3) is 16.9 Å². The van der Waals surface area contributed by atoms with Crippen LogP contribution < -0.4 is 10.5 Å². The first-order valence-electron chi connectivity index (χ1n) is 5.80. The molecule has 0 amide bonds. The van der Waals surface area contributed by atoms with Gasteiger partial charge in [-0.15, -0.1) is 0 Å². The topological polar surface area (TPSA) is 66.2 Å². The van der Waals surface area contributed by atoms with Crippen LogP contribution in [-0.2, 0) is 0 Å². The lowest BCUT2D eigenvalue weighted by Gasteiger charge is -2.07. The molecule has 0 aliphatic rings. The molecule has 0 aliphatic heterocycles. The van der Waals surface area contributed by atoms with Crippen LogP contribution >= 0.6 is 0 Å². The highest BCUT2D eigenvalue weighted by atomic mass is 16.5. The number of anilines is 1. The zero-order valence-electron chi connectivity index (χ0n) is 10.4. The second kappa shape index (κ2) is 4.53. The van der Waals surface area contributed by atoms with Crippen LogP contribution in [0.2, 0.25) is 0 Å². The molecule has 0 radical (unpaired) electrons. The fraction of sp³-hybridized carbons (Fsp3) is 0.0714. The van der Waals surface area contributed by atoms with Gasteiger partial charge < -0.3 is 14.9 Å². The molecule has 19 heavy (non-hydrogen) atoms. The quantitative estimate of drug-likeness (QED) is 0.781. The zero-order chi connectivity index (χ0) is 13.2. The van der Waals surface area contributed by atoms with E-state index in [-0.39, 0.29) is 0 Å². The van der Waals surface area contributed by atoms with E-state index in [4.69, 9.17) is 14.9 Å². The summed E-state index contributed by atoms with van der Waals surface area (Å²) in [5.41, 5.74) is 8.97. The van der Waals surface area contributed by atoms with Crippen molar-refractivity contribution >= 4 is 5.69 Å². The molecule has 3 aromatic rings. The highest BCUT2D eigenvalue weighted by Crippen LogP contribution is 2.28. The first kappa shape index (κ1) is 11.4. The third kappa shape index (κ3) is 1.95. The Labute approximate surface area is 110 Å². The Balaban J connectivity index is 2.10. The predicted molar refractivity (Wildman–Crippen MR) is 72.2 cm³/mol. The summed E-state index contributed by atoms with van der Waals surface area (Å²) < 4.78 is 12.1. The molecule has 0 bridgehead atoms. The number of nitrogens with two attached hydrogens (primary N) is 1. The van der Waals surface area contributed by atoms with Crippen LogP contribution in [0.5, 0.6) is 5.75 Å². The van der Waals surface area contributed by atoms with Crippen LogP contribution in [0, 0.1) is 0 Å². The van der Waals surface area contributed by atoms with E-state index in [0.29, 0.717) is 11.4 Å². The van der Waals surface area contributed by atoms with E-state index in [9.17, 15) is 0 Å². The number of rotatable bonds is 3. The number of hydrogen-bond acceptors (Lipinski definition) is 4. The van der Waals surface area contributed by atoms with Gasteiger partial charge in [0, 0.05) is 5.56 Å². The summed E-state index contributed by atoms with van der Waals surface area (Å²) in [5.74, 6) is 0.740. The number of benzene rings is 1. The van der Waals surface area contributed by atoms with Crippen molar-refractivity contribution in [1.82, 2.24) is 9.78 Å². The summed E-state index contributed by atoms with van der Waals surface area (Å²) in [5, 5.41) is 4.48. The van der Waals surface area contributed by atoms with Gasteiger partial charge in [-0.1, -0.05) is 12.1 Å². The van der Waals surface area contributed by atoms with Gasteiger partial charge in [0.1, 0.15) is 17.1 Å². The summed E-state index contributed by atoms with van der Waals surface area (Å²) in [6.45, 7) is 0. The molecule has 0 unspecified atom stereocenters. The Kier molecular flexibility index (Phi) is 2.72. The van der Waals surface area contributed by atoms with Gasteiger partial charge in [0.25, 0.3) is 0 Å². The number of methoxy groups -OCH3 is 1. The summed E-state index contributed by atoms with van der Waals surface area (Å²) >= 11 is 0. The Hall–Kier alpha value is -2.69. The maximum atomic E-state index is 6.00. The van der Waals surface area contributed by atoms with Gasteiger partial charge >= 0.3 is 0 Å². The van der Waals surface area contributed by atoms with Crippen LogP contribution in [-0.4, -0.2) is 16.9 Å². The molecule has 0 saturated carbocycles. The summed E-state index contributed by atoms with van der Waals surface area (Å²) in [6, 6.07) is 9.46. The smallest absolute Gasteiger partial charge is 0.144 e. The van der Waals surface area contributed by atoms with Gasteiger partial charge in [0.2, 0.25) is 0 Å². The second-order valence-corrected chi connectivity index (χ2v) is 4.06. The third-order valence-corrected chi connectivity index (χ3v) is 2.87. The van der Waals surface area contributed by atoms with Gasteiger partial charge in [-0.3, -0.25) is 0 Å². The Morgan fingerprint density at radius 2 is 2.11 bits per heavy atom. The summed E-state index contributed by atoms with van der Waals surface area (Å²) in [4.78, 5) is 0. The molecule has 0 aliphatic carbocycles. The lowest BCUT2D eigenvalue weighted by Crippen LogP contribution is -1.98. The summed E-state index contributed by atoms with van der Waals surface area (Å²) in [6.07, 6.45) is 4.97. The molecule has 2 heterocycles. The minimum atomic E-state index is 0.590. The van der Waals surface area contributed by atoms with Crippen molar-refractivity contribution in [2.75, 3.05) is 12.8 Å². The number of para-hydroxylation sites is 2. The predicted octanol–water partition coefficient (Wildman–Crippen LogP) is 2.72. The average Bonchev–Trinajstić information content (AvgIpc) is 3.07. The standard InChI is InChI=1S/C14H13N3O2/c1-18-13-5-3-2-4-12(13)17-8-11(15)14(16-17)10-6-7-19-9-10/h2-9H,15H2,1H3. The summed E-state index contributed by atoms with van der Waals surface area (Å²) in [7, 11) is 1.63. The number of ether oxygens (including phenoxy) is 1. The van der Waals surface area contributed by atoms with Crippen molar-refractivity contribution < 1.29 is 9.15 Å². The van der Waals surface area contributed by atoms with Gasteiger partial charge in [0.05, 0.1) is 31.5 Å². The normalized spacial score (nSPS) is 10.6. The van der Waals surface area contributed by atoms with Gasteiger partial charge in [-0.25, -0.2) is 4.68 Å². The maximum absolute atomic E-state index is 6.00. The van der Waals surface area contributed by atoms with E-state index in [1.807, 2.05) is 30.3 Å². The van der Waals surface area contributed by atoms with Crippen molar-refractivity contribution in [2.45, 2.75) is 0 Å². The fourth-order valence-electron chi connectivity index (χ4n) is 1.95. The van der Waals surface area contributed by atoms with Crippen LogP contribution in [0.1, 0.15) is 0 Å². The van der Waals surface area contributed by atoms with Crippen molar-refractivity contribution in [3.8, 4) is 22.7 Å². The molecular formula is C14H13N3O2. The highest BCUT2D eigenvalue weighted by Gasteiger charge is 2.12. The van der Waals surface area contributed by atoms with Gasteiger partial charge in [0.15, 0.2) is 0 Å². The number of aromatic nitrogens is 2. The highest BCUT2D eigenvalue weighted by molar-refractivity contribution is 5.71. The third-order valence-electron chi connectivity index (χ3n) is 2.87. The molecule has 0 saturated heterocycles. The molecule has 0 fully saturated rings. The Bertz CT molecular complexity index is 687. The molecular weight excluding hydrogens is 242 g/mol. The number of nitrogen functional groups attached to an aromatic ring is 1. The van der Waals surface area contributed by atoms with Crippen molar-refractivity contribution in [1.29, 1.82) is 0 Å². The minimum absolute atomic E-state index is 0.590. The van der Waals surface area contributed by atoms with E-state index in [0.717, 1.165) is 17.0 Å². The molecule has 2 N–H and O–H groups in total. The van der Waals surface area contributed by atoms with Crippen molar-refractivity contribution in [3.63, 3.8) is 0 Å². The fourth-order valence-corrected chi connectivity index (χ4v) is 1.95. The molecule has 2 aromatic heterocycles. The molecule has 3 rings (SSSR count). The zero-order valence-corrected chi connectivity index (χ0v) is 10.4. The SMILES string of the molecule is COc1ccccc1-n1cc(N)c(-c2ccoc2)n1. The van der Waals surface area contributed by atoms with Crippen molar-refractivity contribution in [3.05, 3.63) is 49.1 Å². The molecule has 0 atom stereocenters. The molecule has 5 nitrogen and oxygen atoms in total. The molecule has 5 heteroatoms. The lowest BCUT2D eigenvalue weighted by molar-refractivity contribution is 0.412. The minimum Gasteiger partial charge on any atom is -0.494 e. The molecule has 0 spiro atoms. The van der Waals surface area contributed by atoms with E-state index in [1.165, 1.54) is 0 Å². The van der Waals surface area contributed by atoms with Crippen LogP contribution in [0.15, 0.2) is 53.5 Å². The largest absolute Gasteiger partial charge is 0.494 e. The first-order valence-corrected chi connectivity index (χ1v) is 5.80. The number of hydrogen-bond donors (Lipinski definition) is 1. The second-order valence-electron chi connectivity index (χ2n) is 4.06. The number of nitrogens with zero attached hydrogens (tertiary/aromatic N) is 2. The molecule has 96 valence electrons. The van der Waals surface area contributed by atoms with E-state index < -0.39 is 0 Å². The van der Waals surface area contributed by atoms with Crippen LogP contribution in [0.3, 0.4) is 0 Å². The monoisotopic (exact) mass is 255 g/mol.